The van der Waals surface area contributed by atoms with Crippen LogP contribution in [0, 0.1) is 6.92 Å². The van der Waals surface area contributed by atoms with E-state index in [-0.39, 0.29) is 5.91 Å². The fourth-order valence-corrected chi connectivity index (χ4v) is 3.85. The van der Waals surface area contributed by atoms with Gasteiger partial charge < -0.3 is 9.80 Å². The van der Waals surface area contributed by atoms with Gasteiger partial charge >= 0.3 is 0 Å². The first-order valence-corrected chi connectivity index (χ1v) is 10.5. The quantitative estimate of drug-likeness (QED) is 0.745. The van der Waals surface area contributed by atoms with Crippen LogP contribution < -0.4 is 4.90 Å². The number of aryl methyl sites for hydroxylation is 1. The lowest BCUT2D eigenvalue weighted by molar-refractivity contribution is -0.131. The van der Waals surface area contributed by atoms with Gasteiger partial charge in [0, 0.05) is 49.4 Å². The molecule has 2 heterocycles. The first-order chi connectivity index (χ1) is 13.5. The van der Waals surface area contributed by atoms with Crippen LogP contribution in [-0.4, -0.2) is 47.0 Å². The Kier molecular flexibility index (Phi) is 6.65. The number of benzene rings is 1. The molecule has 2 aromatic rings. The summed E-state index contributed by atoms with van der Waals surface area (Å²) in [7, 11) is 0. The van der Waals surface area contributed by atoms with Crippen LogP contribution in [0.15, 0.2) is 30.3 Å². The van der Waals surface area contributed by atoms with Crippen molar-refractivity contribution >= 4 is 11.7 Å². The van der Waals surface area contributed by atoms with Gasteiger partial charge in [0.1, 0.15) is 5.82 Å². The zero-order valence-corrected chi connectivity index (χ0v) is 17.6. The highest BCUT2D eigenvalue weighted by Crippen LogP contribution is 2.31. The van der Waals surface area contributed by atoms with Gasteiger partial charge in [0.25, 0.3) is 0 Å². The van der Waals surface area contributed by atoms with E-state index in [1.165, 1.54) is 5.56 Å². The molecule has 28 heavy (non-hydrogen) atoms. The van der Waals surface area contributed by atoms with Gasteiger partial charge in [-0.15, -0.1) is 0 Å². The minimum Gasteiger partial charge on any atom is -0.353 e. The number of hydrogen-bond acceptors (Lipinski definition) is 4. The first-order valence-electron chi connectivity index (χ1n) is 10.5. The SMILES string of the molecule is CCCCC(=O)N1CCN(c2nc(-c3ccccc3)nc(C)c2C(C)C)CC1. The molecule has 1 aromatic carbocycles. The molecule has 150 valence electrons. The summed E-state index contributed by atoms with van der Waals surface area (Å²) in [6.07, 6.45) is 2.70. The van der Waals surface area contributed by atoms with E-state index in [0.717, 1.165) is 61.9 Å². The van der Waals surface area contributed by atoms with Crippen molar-refractivity contribution in [2.75, 3.05) is 31.1 Å². The summed E-state index contributed by atoms with van der Waals surface area (Å²) >= 11 is 0. The number of piperazine rings is 1. The zero-order chi connectivity index (χ0) is 20.1. The Morgan fingerprint density at radius 3 is 2.36 bits per heavy atom. The molecule has 1 aliphatic heterocycles. The van der Waals surface area contributed by atoms with Gasteiger partial charge in [-0.1, -0.05) is 57.5 Å². The second-order valence-electron chi connectivity index (χ2n) is 7.86. The lowest BCUT2D eigenvalue weighted by Gasteiger charge is -2.37. The van der Waals surface area contributed by atoms with Crippen LogP contribution in [0.1, 0.15) is 57.2 Å². The predicted octanol–water partition coefficient (Wildman–Crippen LogP) is 4.41. The van der Waals surface area contributed by atoms with Crippen LogP contribution in [0.3, 0.4) is 0 Å². The minimum absolute atomic E-state index is 0.287. The molecule has 3 rings (SSSR count). The molecule has 0 N–H and O–H groups in total. The van der Waals surface area contributed by atoms with Crippen LogP contribution in [0.25, 0.3) is 11.4 Å². The van der Waals surface area contributed by atoms with Gasteiger partial charge in [-0.2, -0.15) is 0 Å². The molecule has 0 aliphatic carbocycles. The van der Waals surface area contributed by atoms with E-state index in [9.17, 15) is 4.79 Å². The number of carbonyl (C=O) groups excluding carboxylic acids is 1. The highest BCUT2D eigenvalue weighted by Gasteiger charge is 2.25. The summed E-state index contributed by atoms with van der Waals surface area (Å²) in [4.78, 5) is 26.5. The third-order valence-electron chi connectivity index (χ3n) is 5.40. The largest absolute Gasteiger partial charge is 0.353 e. The number of nitrogens with zero attached hydrogens (tertiary/aromatic N) is 4. The van der Waals surface area contributed by atoms with Crippen molar-refractivity contribution in [1.29, 1.82) is 0 Å². The first kappa shape index (κ1) is 20.3. The molecule has 5 heteroatoms. The zero-order valence-electron chi connectivity index (χ0n) is 17.6. The van der Waals surface area contributed by atoms with Gasteiger partial charge in [-0.25, -0.2) is 9.97 Å². The Labute approximate surface area is 168 Å². The highest BCUT2D eigenvalue weighted by atomic mass is 16.2. The Bertz CT molecular complexity index is 796. The maximum absolute atomic E-state index is 12.4. The van der Waals surface area contributed by atoms with E-state index in [0.29, 0.717) is 12.3 Å². The van der Waals surface area contributed by atoms with E-state index in [1.54, 1.807) is 0 Å². The topological polar surface area (TPSA) is 49.3 Å². The summed E-state index contributed by atoms with van der Waals surface area (Å²) in [5.41, 5.74) is 3.29. The van der Waals surface area contributed by atoms with Crippen LogP contribution in [0.5, 0.6) is 0 Å². The summed E-state index contributed by atoms with van der Waals surface area (Å²) < 4.78 is 0. The highest BCUT2D eigenvalue weighted by molar-refractivity contribution is 5.76. The summed E-state index contributed by atoms with van der Waals surface area (Å²) in [5.74, 6) is 2.44. The molecule has 1 aromatic heterocycles. The molecule has 1 fully saturated rings. The van der Waals surface area contributed by atoms with Crippen molar-refractivity contribution in [2.24, 2.45) is 0 Å². The molecule has 5 nitrogen and oxygen atoms in total. The summed E-state index contributed by atoms with van der Waals surface area (Å²) in [5, 5.41) is 0. The fourth-order valence-electron chi connectivity index (χ4n) is 3.85. The average Bonchev–Trinajstić information content (AvgIpc) is 2.71. The van der Waals surface area contributed by atoms with Gasteiger partial charge in [0.2, 0.25) is 5.91 Å². The predicted molar refractivity (Wildman–Crippen MR) is 115 cm³/mol. The van der Waals surface area contributed by atoms with E-state index < -0.39 is 0 Å². The number of amides is 1. The van der Waals surface area contributed by atoms with Crippen molar-refractivity contribution in [2.45, 2.75) is 52.9 Å². The Morgan fingerprint density at radius 2 is 1.75 bits per heavy atom. The van der Waals surface area contributed by atoms with Crippen molar-refractivity contribution in [3.8, 4) is 11.4 Å². The van der Waals surface area contributed by atoms with Crippen LogP contribution in [0.4, 0.5) is 5.82 Å². The lowest BCUT2D eigenvalue weighted by Crippen LogP contribution is -2.49. The monoisotopic (exact) mass is 380 g/mol. The Balaban J connectivity index is 1.85. The summed E-state index contributed by atoms with van der Waals surface area (Å²) in [6.45, 7) is 11.8. The molecule has 1 aliphatic rings. The molecular formula is C23H32N4O. The number of anilines is 1. The summed E-state index contributed by atoms with van der Waals surface area (Å²) in [6, 6.07) is 10.2. The number of rotatable bonds is 6. The molecule has 0 spiro atoms. The van der Waals surface area contributed by atoms with Crippen LogP contribution in [0.2, 0.25) is 0 Å². The lowest BCUT2D eigenvalue weighted by atomic mass is 10.0. The minimum atomic E-state index is 0.287. The molecule has 0 bridgehead atoms. The van der Waals surface area contributed by atoms with Crippen molar-refractivity contribution in [3.63, 3.8) is 0 Å². The van der Waals surface area contributed by atoms with Crippen molar-refractivity contribution < 1.29 is 4.79 Å². The van der Waals surface area contributed by atoms with Gasteiger partial charge in [0.05, 0.1) is 0 Å². The second kappa shape index (κ2) is 9.18. The van der Waals surface area contributed by atoms with Crippen molar-refractivity contribution in [3.05, 3.63) is 41.6 Å². The van der Waals surface area contributed by atoms with Gasteiger partial charge in [0.15, 0.2) is 5.82 Å². The maximum atomic E-state index is 12.4. The number of unbranched alkanes of at least 4 members (excludes halogenated alkanes) is 1. The third-order valence-corrected chi connectivity index (χ3v) is 5.40. The second-order valence-corrected chi connectivity index (χ2v) is 7.86. The third kappa shape index (κ3) is 4.51. The smallest absolute Gasteiger partial charge is 0.222 e. The van der Waals surface area contributed by atoms with E-state index in [2.05, 4.69) is 44.7 Å². The van der Waals surface area contributed by atoms with Crippen molar-refractivity contribution in [1.82, 2.24) is 14.9 Å². The normalized spacial score (nSPS) is 14.6. The molecule has 1 amide bonds. The van der Waals surface area contributed by atoms with E-state index in [1.807, 2.05) is 23.1 Å². The molecule has 0 unspecified atom stereocenters. The number of hydrogen-bond donors (Lipinski definition) is 0. The number of carbonyl (C=O) groups is 1. The molecular weight excluding hydrogens is 348 g/mol. The standard InChI is InChI=1S/C23H32N4O/c1-5-6-12-20(28)26-13-15-27(16-14-26)23-21(17(2)3)18(4)24-22(25-23)19-10-8-7-9-11-19/h7-11,17H,5-6,12-16H2,1-4H3. The van der Waals surface area contributed by atoms with E-state index in [4.69, 9.17) is 9.97 Å². The Hall–Kier alpha value is -2.43. The average molecular weight is 381 g/mol. The molecule has 1 saturated heterocycles. The van der Waals surface area contributed by atoms with Crippen LogP contribution >= 0.6 is 0 Å². The number of aromatic nitrogens is 2. The Morgan fingerprint density at radius 1 is 1.07 bits per heavy atom. The molecule has 0 saturated carbocycles. The van der Waals surface area contributed by atoms with Gasteiger partial charge in [-0.05, 0) is 19.3 Å². The molecule has 0 atom stereocenters. The van der Waals surface area contributed by atoms with Gasteiger partial charge in [-0.3, -0.25) is 4.79 Å². The van der Waals surface area contributed by atoms with Crippen LogP contribution in [-0.2, 0) is 4.79 Å². The van der Waals surface area contributed by atoms with E-state index >= 15 is 0 Å². The fraction of sp³-hybridized carbons (Fsp3) is 0.522. The molecule has 0 radical (unpaired) electrons. The maximum Gasteiger partial charge on any atom is 0.222 e.